The summed E-state index contributed by atoms with van der Waals surface area (Å²) in [6.45, 7) is 0.659. The smallest absolute Gasteiger partial charge is 0.243 e. The predicted octanol–water partition coefficient (Wildman–Crippen LogP) is 2.07. The topological polar surface area (TPSA) is 55.6 Å². The van der Waals surface area contributed by atoms with Crippen molar-refractivity contribution in [1.29, 1.82) is 0 Å². The van der Waals surface area contributed by atoms with Crippen LogP contribution in [0, 0.1) is 0 Å². The summed E-state index contributed by atoms with van der Waals surface area (Å²) in [4.78, 5) is 14.6. The Bertz CT molecular complexity index is 490. The van der Waals surface area contributed by atoms with Crippen LogP contribution in [-0.4, -0.2) is 29.5 Å². The van der Waals surface area contributed by atoms with Gasteiger partial charge in [0, 0.05) is 12.6 Å². The Kier molecular flexibility index (Phi) is 3.42. The Hall–Kier alpha value is -1.55. The van der Waals surface area contributed by atoms with Crippen molar-refractivity contribution in [3.05, 3.63) is 29.8 Å². The van der Waals surface area contributed by atoms with Crippen molar-refractivity contribution < 1.29 is 9.53 Å². The molecule has 2 aliphatic rings. The van der Waals surface area contributed by atoms with Crippen LogP contribution in [0.4, 0.5) is 0 Å². The highest BCUT2D eigenvalue weighted by molar-refractivity contribution is 5.87. The van der Waals surface area contributed by atoms with Gasteiger partial charge in [-0.25, -0.2) is 0 Å². The van der Waals surface area contributed by atoms with Crippen LogP contribution in [0.15, 0.2) is 24.3 Å². The molecule has 0 radical (unpaired) electrons. The van der Waals surface area contributed by atoms with Gasteiger partial charge in [-0.3, -0.25) is 4.79 Å². The molecule has 0 atom stereocenters. The molecule has 2 fully saturated rings. The number of benzene rings is 1. The summed E-state index contributed by atoms with van der Waals surface area (Å²) in [5.41, 5.74) is 6.75. The SMILES string of the molecule is COc1ccc(CN(C(=O)C2(N)CCC2)C2CC2)cc1. The van der Waals surface area contributed by atoms with Crippen molar-refractivity contribution >= 4 is 5.91 Å². The first-order chi connectivity index (χ1) is 9.62. The fourth-order valence-electron chi connectivity index (χ4n) is 2.74. The first kappa shape index (κ1) is 13.4. The Balaban J connectivity index is 1.72. The van der Waals surface area contributed by atoms with Gasteiger partial charge in [-0.15, -0.1) is 0 Å². The monoisotopic (exact) mass is 274 g/mol. The minimum atomic E-state index is -0.588. The Morgan fingerprint density at radius 2 is 2.00 bits per heavy atom. The van der Waals surface area contributed by atoms with Gasteiger partial charge in [0.05, 0.1) is 12.6 Å². The van der Waals surface area contributed by atoms with Gasteiger partial charge >= 0.3 is 0 Å². The molecule has 0 unspecified atom stereocenters. The lowest BCUT2D eigenvalue weighted by Crippen LogP contribution is -2.59. The number of nitrogens with zero attached hydrogens (tertiary/aromatic N) is 1. The Labute approximate surface area is 119 Å². The van der Waals surface area contributed by atoms with Crippen LogP contribution in [0.3, 0.4) is 0 Å². The number of methoxy groups -OCH3 is 1. The lowest BCUT2D eigenvalue weighted by molar-refractivity contribution is -0.141. The van der Waals surface area contributed by atoms with Crippen LogP contribution in [0.2, 0.25) is 0 Å². The molecule has 20 heavy (non-hydrogen) atoms. The van der Waals surface area contributed by atoms with Crippen molar-refractivity contribution in [3.63, 3.8) is 0 Å². The van der Waals surface area contributed by atoms with Crippen LogP contribution in [0.25, 0.3) is 0 Å². The van der Waals surface area contributed by atoms with Gasteiger partial charge in [0.2, 0.25) is 5.91 Å². The average Bonchev–Trinajstić information content (AvgIpc) is 3.26. The van der Waals surface area contributed by atoms with Crippen molar-refractivity contribution in [2.24, 2.45) is 5.73 Å². The van der Waals surface area contributed by atoms with Gasteiger partial charge in [0.15, 0.2) is 0 Å². The highest BCUT2D eigenvalue weighted by atomic mass is 16.5. The van der Waals surface area contributed by atoms with Crippen LogP contribution < -0.4 is 10.5 Å². The van der Waals surface area contributed by atoms with Crippen LogP contribution >= 0.6 is 0 Å². The van der Waals surface area contributed by atoms with E-state index >= 15 is 0 Å². The number of rotatable bonds is 5. The number of carbonyl (C=O) groups excluding carboxylic acids is 1. The standard InChI is InChI=1S/C16H22N2O2/c1-20-14-7-3-12(4-8-14)11-18(13-5-6-13)15(19)16(17)9-2-10-16/h3-4,7-8,13H,2,5-6,9-11,17H2,1H3. The second-order valence-corrected chi connectivity index (χ2v) is 6.02. The van der Waals surface area contributed by atoms with Gasteiger partial charge in [0.25, 0.3) is 0 Å². The second kappa shape index (κ2) is 5.09. The van der Waals surface area contributed by atoms with Gasteiger partial charge in [0.1, 0.15) is 5.75 Å². The lowest BCUT2D eigenvalue weighted by Gasteiger charge is -2.40. The largest absolute Gasteiger partial charge is 0.497 e. The molecule has 2 saturated carbocycles. The molecule has 0 spiro atoms. The number of nitrogens with two attached hydrogens (primary N) is 1. The van der Waals surface area contributed by atoms with Gasteiger partial charge in [-0.2, -0.15) is 0 Å². The van der Waals surface area contributed by atoms with E-state index in [2.05, 4.69) is 0 Å². The third-order valence-electron chi connectivity index (χ3n) is 4.43. The van der Waals surface area contributed by atoms with E-state index in [1.165, 1.54) is 0 Å². The molecule has 4 heteroatoms. The molecule has 0 heterocycles. The minimum absolute atomic E-state index is 0.141. The first-order valence-electron chi connectivity index (χ1n) is 7.35. The van der Waals surface area contributed by atoms with Gasteiger partial charge in [-0.1, -0.05) is 12.1 Å². The molecule has 3 rings (SSSR count). The van der Waals surface area contributed by atoms with E-state index in [9.17, 15) is 4.79 Å². The normalized spacial score (nSPS) is 20.1. The predicted molar refractivity (Wildman–Crippen MR) is 77.3 cm³/mol. The number of amides is 1. The fourth-order valence-corrected chi connectivity index (χ4v) is 2.74. The van der Waals surface area contributed by atoms with Gasteiger partial charge < -0.3 is 15.4 Å². The van der Waals surface area contributed by atoms with Gasteiger partial charge in [-0.05, 0) is 49.8 Å². The van der Waals surface area contributed by atoms with Crippen molar-refractivity contribution in [1.82, 2.24) is 4.90 Å². The van der Waals surface area contributed by atoms with E-state index in [1.54, 1.807) is 7.11 Å². The van der Waals surface area contributed by atoms with Crippen molar-refractivity contribution in [3.8, 4) is 5.75 Å². The summed E-state index contributed by atoms with van der Waals surface area (Å²) in [5.74, 6) is 0.981. The highest BCUT2D eigenvalue weighted by Crippen LogP contribution is 2.36. The maximum atomic E-state index is 12.6. The molecule has 0 aliphatic heterocycles. The maximum Gasteiger partial charge on any atom is 0.243 e. The van der Waals surface area contributed by atoms with E-state index in [4.69, 9.17) is 10.5 Å². The zero-order chi connectivity index (χ0) is 14.2. The van der Waals surface area contributed by atoms with E-state index < -0.39 is 5.54 Å². The van der Waals surface area contributed by atoms with E-state index in [1.807, 2.05) is 29.2 Å². The third-order valence-corrected chi connectivity index (χ3v) is 4.43. The molecule has 4 nitrogen and oxygen atoms in total. The molecule has 1 aromatic carbocycles. The molecule has 0 bridgehead atoms. The maximum absolute atomic E-state index is 12.6. The third kappa shape index (κ3) is 2.52. The second-order valence-electron chi connectivity index (χ2n) is 6.02. The molecular weight excluding hydrogens is 252 g/mol. The van der Waals surface area contributed by atoms with E-state index in [0.29, 0.717) is 12.6 Å². The van der Waals surface area contributed by atoms with Crippen molar-refractivity contribution in [2.75, 3.05) is 7.11 Å². The number of ether oxygens (including phenoxy) is 1. The molecule has 1 aromatic rings. The Morgan fingerprint density at radius 3 is 2.45 bits per heavy atom. The van der Waals surface area contributed by atoms with Crippen LogP contribution in [-0.2, 0) is 11.3 Å². The number of hydrogen-bond acceptors (Lipinski definition) is 3. The first-order valence-corrected chi connectivity index (χ1v) is 7.35. The summed E-state index contributed by atoms with van der Waals surface area (Å²) >= 11 is 0. The summed E-state index contributed by atoms with van der Waals surface area (Å²) in [7, 11) is 1.66. The molecule has 0 saturated heterocycles. The summed E-state index contributed by atoms with van der Waals surface area (Å²) < 4.78 is 5.16. The summed E-state index contributed by atoms with van der Waals surface area (Å²) in [6.07, 6.45) is 4.95. The average molecular weight is 274 g/mol. The summed E-state index contributed by atoms with van der Waals surface area (Å²) in [6, 6.07) is 8.31. The fraction of sp³-hybridized carbons (Fsp3) is 0.562. The van der Waals surface area contributed by atoms with Crippen molar-refractivity contribution in [2.45, 2.75) is 50.2 Å². The number of carbonyl (C=O) groups is 1. The zero-order valence-electron chi connectivity index (χ0n) is 12.0. The molecule has 1 amide bonds. The minimum Gasteiger partial charge on any atom is -0.497 e. The van der Waals surface area contributed by atoms with Crippen LogP contribution in [0.1, 0.15) is 37.7 Å². The number of hydrogen-bond donors (Lipinski definition) is 1. The van der Waals surface area contributed by atoms with E-state index in [-0.39, 0.29) is 5.91 Å². The van der Waals surface area contributed by atoms with E-state index in [0.717, 1.165) is 43.4 Å². The summed E-state index contributed by atoms with van der Waals surface area (Å²) in [5, 5.41) is 0. The lowest BCUT2D eigenvalue weighted by atomic mass is 9.76. The van der Waals surface area contributed by atoms with Crippen LogP contribution in [0.5, 0.6) is 5.75 Å². The highest BCUT2D eigenvalue weighted by Gasteiger charge is 2.46. The molecular formula is C16H22N2O2. The Morgan fingerprint density at radius 1 is 1.35 bits per heavy atom. The molecule has 2 N–H and O–H groups in total. The zero-order valence-corrected chi connectivity index (χ0v) is 12.0. The quantitative estimate of drug-likeness (QED) is 0.894. The molecule has 2 aliphatic carbocycles. The molecule has 0 aromatic heterocycles. The molecule has 108 valence electrons.